The van der Waals surface area contributed by atoms with E-state index in [0.29, 0.717) is 23.0 Å². The van der Waals surface area contributed by atoms with Gasteiger partial charge in [-0.05, 0) is 13.8 Å². The molecule has 122 valence electrons. The fraction of sp³-hybridized carbons (Fsp3) is 0.143. The zero-order valence-electron chi connectivity index (χ0n) is 13.3. The molecule has 1 N–H and O–H groups in total. The van der Waals surface area contributed by atoms with E-state index < -0.39 is 0 Å². The zero-order chi connectivity index (χ0) is 17.4. The lowest BCUT2D eigenvalue weighted by Gasteiger charge is -2.01. The molecule has 0 saturated heterocycles. The highest BCUT2D eigenvalue weighted by atomic mass is 15.5. The highest BCUT2D eigenvalue weighted by Crippen LogP contribution is 2.32. The smallest absolute Gasteiger partial charge is 0.252 e. The number of fused-ring (bicyclic) bond motifs is 1. The molecule has 0 fully saturated rings. The molecule has 4 rings (SSSR count). The summed E-state index contributed by atoms with van der Waals surface area (Å²) in [6.45, 7) is 10.9. The first kappa shape index (κ1) is 14.6. The van der Waals surface area contributed by atoms with Crippen LogP contribution in [0, 0.1) is 20.4 Å². The van der Waals surface area contributed by atoms with E-state index in [0.717, 1.165) is 5.69 Å². The first-order valence-electron chi connectivity index (χ1n) is 7.23. The van der Waals surface area contributed by atoms with Gasteiger partial charge in [-0.3, -0.25) is 5.10 Å². The average molecular weight is 333 g/mol. The topological polar surface area (TPSA) is 119 Å². The van der Waals surface area contributed by atoms with E-state index in [4.69, 9.17) is 6.57 Å². The first-order valence-corrected chi connectivity index (χ1v) is 7.23. The number of hydrogen-bond acceptors (Lipinski definition) is 7. The number of rotatable bonds is 3. The fourth-order valence-electron chi connectivity index (χ4n) is 2.33. The SMILES string of the molecule is [C-]#[N+]c1cnn(-c2ccncn2)c1N=Nc1c(C)[nH]n2nc(C)nc12. The van der Waals surface area contributed by atoms with Crippen LogP contribution in [0.2, 0.25) is 0 Å². The van der Waals surface area contributed by atoms with Crippen LogP contribution in [0.25, 0.3) is 16.3 Å². The molecule has 0 amide bonds. The average Bonchev–Trinajstić information content (AvgIpc) is 3.26. The molecule has 0 saturated carbocycles. The van der Waals surface area contributed by atoms with Crippen molar-refractivity contribution in [2.24, 2.45) is 10.2 Å². The Morgan fingerprint density at radius 2 is 2.16 bits per heavy atom. The van der Waals surface area contributed by atoms with Crippen LogP contribution in [0.1, 0.15) is 11.5 Å². The minimum atomic E-state index is 0.268. The summed E-state index contributed by atoms with van der Waals surface area (Å²) in [6.07, 6.45) is 4.40. The number of hydrogen-bond donors (Lipinski definition) is 1. The third-order valence-electron chi connectivity index (χ3n) is 3.43. The van der Waals surface area contributed by atoms with Crippen molar-refractivity contribution in [1.29, 1.82) is 0 Å². The van der Waals surface area contributed by atoms with Gasteiger partial charge >= 0.3 is 0 Å². The molecule has 0 radical (unpaired) electrons. The molecule has 0 aromatic carbocycles. The van der Waals surface area contributed by atoms with Gasteiger partial charge in [0.1, 0.15) is 12.2 Å². The number of aryl methyl sites for hydroxylation is 2. The maximum atomic E-state index is 7.29. The monoisotopic (exact) mass is 333 g/mol. The second kappa shape index (κ2) is 5.60. The maximum absolute atomic E-state index is 7.29. The Morgan fingerprint density at radius 3 is 2.92 bits per heavy atom. The number of H-pyrrole nitrogens is 1. The highest BCUT2D eigenvalue weighted by Gasteiger charge is 2.15. The quantitative estimate of drug-likeness (QED) is 0.456. The molecule has 25 heavy (non-hydrogen) atoms. The standard InChI is InChI=1S/C14H11N11/c1-8-12(14-19-9(2)23-25(14)22-8)20-21-13-10(15-3)6-18-24(13)11-4-5-16-7-17-11/h4-7,22H,1-2H3. The van der Waals surface area contributed by atoms with Crippen molar-refractivity contribution in [1.82, 2.24) is 39.6 Å². The van der Waals surface area contributed by atoms with Gasteiger partial charge in [-0.25, -0.2) is 24.5 Å². The van der Waals surface area contributed by atoms with Gasteiger partial charge in [0, 0.05) is 12.3 Å². The van der Waals surface area contributed by atoms with Crippen molar-refractivity contribution < 1.29 is 0 Å². The largest absolute Gasteiger partial charge is 0.278 e. The molecule has 4 aromatic heterocycles. The van der Waals surface area contributed by atoms with E-state index in [2.05, 4.69) is 45.3 Å². The lowest BCUT2D eigenvalue weighted by atomic mass is 10.4. The second-order valence-electron chi connectivity index (χ2n) is 5.12. The van der Waals surface area contributed by atoms with Gasteiger partial charge in [0.15, 0.2) is 17.3 Å². The summed E-state index contributed by atoms with van der Waals surface area (Å²) in [6, 6.07) is 1.67. The molecule has 0 aliphatic rings. The van der Waals surface area contributed by atoms with E-state index in [1.54, 1.807) is 19.2 Å². The molecule has 0 bridgehead atoms. The Labute approximate surface area is 140 Å². The van der Waals surface area contributed by atoms with Crippen molar-refractivity contribution in [3.05, 3.63) is 47.7 Å². The predicted octanol–water partition coefficient (Wildman–Crippen LogP) is 2.62. The van der Waals surface area contributed by atoms with E-state index in [1.165, 1.54) is 21.8 Å². The highest BCUT2D eigenvalue weighted by molar-refractivity contribution is 5.67. The molecule has 0 atom stereocenters. The Hall–Kier alpha value is -3.94. The van der Waals surface area contributed by atoms with Crippen LogP contribution in [0.15, 0.2) is 35.0 Å². The summed E-state index contributed by atoms with van der Waals surface area (Å²) >= 11 is 0. The second-order valence-corrected chi connectivity index (χ2v) is 5.12. The first-order chi connectivity index (χ1) is 12.2. The summed E-state index contributed by atoms with van der Waals surface area (Å²) in [5.74, 6) is 1.40. The van der Waals surface area contributed by atoms with E-state index >= 15 is 0 Å². The zero-order valence-corrected chi connectivity index (χ0v) is 13.3. The van der Waals surface area contributed by atoms with Gasteiger partial charge in [-0.1, -0.05) is 0 Å². The summed E-state index contributed by atoms with van der Waals surface area (Å²) in [7, 11) is 0. The normalized spacial score (nSPS) is 11.4. The summed E-state index contributed by atoms with van der Waals surface area (Å²) in [5, 5.41) is 19.9. The Morgan fingerprint density at radius 1 is 1.28 bits per heavy atom. The Balaban J connectivity index is 1.82. The molecule has 11 heteroatoms. The molecule has 0 aliphatic heterocycles. The number of aromatic nitrogens is 8. The van der Waals surface area contributed by atoms with Crippen LogP contribution in [-0.4, -0.2) is 39.6 Å². The fourth-order valence-corrected chi connectivity index (χ4v) is 2.33. The summed E-state index contributed by atoms with van der Waals surface area (Å²) in [4.78, 5) is 15.8. The number of nitrogens with one attached hydrogen (secondary N) is 1. The molecule has 0 spiro atoms. The van der Waals surface area contributed by atoms with Crippen molar-refractivity contribution in [2.75, 3.05) is 0 Å². The number of azo groups is 1. The van der Waals surface area contributed by atoms with Gasteiger partial charge in [-0.2, -0.15) is 9.73 Å². The van der Waals surface area contributed by atoms with E-state index in [1.807, 2.05) is 6.92 Å². The summed E-state index contributed by atoms with van der Waals surface area (Å²) in [5.41, 5.74) is 2.14. The third-order valence-corrected chi connectivity index (χ3v) is 3.43. The predicted molar refractivity (Wildman–Crippen MR) is 86.4 cm³/mol. The van der Waals surface area contributed by atoms with Crippen LogP contribution < -0.4 is 0 Å². The van der Waals surface area contributed by atoms with Crippen molar-refractivity contribution in [2.45, 2.75) is 13.8 Å². The lowest BCUT2D eigenvalue weighted by Crippen LogP contribution is -1.98. The Bertz CT molecular complexity index is 1120. The van der Waals surface area contributed by atoms with Gasteiger partial charge in [0.05, 0.1) is 18.5 Å². The van der Waals surface area contributed by atoms with Gasteiger partial charge in [0.2, 0.25) is 5.65 Å². The van der Waals surface area contributed by atoms with Crippen molar-refractivity contribution in [3.63, 3.8) is 0 Å². The minimum absolute atomic E-state index is 0.268. The van der Waals surface area contributed by atoms with Crippen LogP contribution in [0.5, 0.6) is 0 Å². The Kier molecular flexibility index (Phi) is 3.28. The lowest BCUT2D eigenvalue weighted by molar-refractivity contribution is 0.793. The van der Waals surface area contributed by atoms with E-state index in [9.17, 15) is 0 Å². The van der Waals surface area contributed by atoms with Crippen molar-refractivity contribution >= 4 is 22.8 Å². The minimum Gasteiger partial charge on any atom is -0.278 e. The number of aromatic amines is 1. The van der Waals surface area contributed by atoms with Crippen LogP contribution in [0.4, 0.5) is 17.2 Å². The van der Waals surface area contributed by atoms with Crippen LogP contribution in [-0.2, 0) is 0 Å². The van der Waals surface area contributed by atoms with Crippen molar-refractivity contribution in [3.8, 4) is 5.82 Å². The molecule has 4 heterocycles. The van der Waals surface area contributed by atoms with Crippen LogP contribution in [0.3, 0.4) is 0 Å². The molecular weight excluding hydrogens is 322 g/mol. The molecule has 4 aromatic rings. The van der Waals surface area contributed by atoms with Gasteiger partial charge in [0.25, 0.3) is 5.69 Å². The maximum Gasteiger partial charge on any atom is 0.252 e. The molecular formula is C14H11N11. The van der Waals surface area contributed by atoms with E-state index in [-0.39, 0.29) is 11.5 Å². The van der Waals surface area contributed by atoms with Gasteiger partial charge in [-0.15, -0.1) is 15.3 Å². The summed E-state index contributed by atoms with van der Waals surface area (Å²) < 4.78 is 2.98. The molecule has 0 aliphatic carbocycles. The molecule has 0 unspecified atom stereocenters. The number of nitrogens with zero attached hydrogens (tertiary/aromatic N) is 10. The molecule has 11 nitrogen and oxygen atoms in total. The van der Waals surface area contributed by atoms with Crippen LogP contribution >= 0.6 is 0 Å². The van der Waals surface area contributed by atoms with Gasteiger partial charge < -0.3 is 0 Å². The third kappa shape index (κ3) is 2.41.